The van der Waals surface area contributed by atoms with Crippen LogP contribution in [0.1, 0.15) is 0 Å². The van der Waals surface area contributed by atoms with Crippen LogP contribution in [0, 0.1) is 13.7 Å². The molecular weight excluding hydrogens is 395 g/mol. The molecule has 0 bridgehead atoms. The Morgan fingerprint density at radius 3 is 2.35 bits per heavy atom. The van der Waals surface area contributed by atoms with Crippen LogP contribution in [0.15, 0.2) is 53.4 Å². The van der Waals surface area contributed by atoms with E-state index in [4.69, 9.17) is 0 Å². The van der Waals surface area contributed by atoms with Gasteiger partial charge >= 0.3 is 0 Å². The van der Waals surface area contributed by atoms with Crippen LogP contribution in [0.5, 0.6) is 0 Å². The molecule has 0 saturated carbocycles. The Morgan fingerprint density at radius 2 is 1.75 bits per heavy atom. The monoisotopic (exact) mass is 404 g/mol. The predicted octanol–water partition coefficient (Wildman–Crippen LogP) is 3.00. The van der Waals surface area contributed by atoms with Gasteiger partial charge in [0.05, 0.1) is 15.5 Å². The van der Waals surface area contributed by atoms with Crippen molar-refractivity contribution < 1.29 is 13.3 Å². The lowest BCUT2D eigenvalue weighted by molar-refractivity contribution is -0.384. The molecule has 0 amide bonds. The summed E-state index contributed by atoms with van der Waals surface area (Å²) >= 11 is 2.07. The van der Waals surface area contributed by atoms with Crippen LogP contribution in [0.25, 0.3) is 0 Å². The molecule has 0 heterocycles. The van der Waals surface area contributed by atoms with E-state index in [1.54, 1.807) is 12.1 Å². The summed E-state index contributed by atoms with van der Waals surface area (Å²) in [6, 6.07) is 11.6. The molecule has 2 aromatic carbocycles. The third-order valence-electron chi connectivity index (χ3n) is 2.43. The average molecular weight is 404 g/mol. The molecule has 0 aliphatic rings. The number of anilines is 1. The second-order valence-corrected chi connectivity index (χ2v) is 6.79. The van der Waals surface area contributed by atoms with E-state index in [1.165, 1.54) is 36.4 Å². The highest BCUT2D eigenvalue weighted by Gasteiger charge is 2.15. The van der Waals surface area contributed by atoms with Crippen LogP contribution in [-0.4, -0.2) is 13.3 Å². The summed E-state index contributed by atoms with van der Waals surface area (Å²) in [6.45, 7) is 0. The van der Waals surface area contributed by atoms with Gasteiger partial charge in [0.1, 0.15) is 0 Å². The number of sulfonamides is 1. The van der Waals surface area contributed by atoms with Gasteiger partial charge in [0.15, 0.2) is 0 Å². The van der Waals surface area contributed by atoms with Crippen molar-refractivity contribution in [2.45, 2.75) is 4.90 Å². The zero-order valence-corrected chi connectivity index (χ0v) is 13.0. The largest absolute Gasteiger partial charge is 0.279 e. The zero-order valence-electron chi connectivity index (χ0n) is 9.99. The van der Waals surface area contributed by atoms with Crippen molar-refractivity contribution in [1.29, 1.82) is 0 Å². The maximum atomic E-state index is 12.1. The molecule has 0 spiro atoms. The van der Waals surface area contributed by atoms with Gasteiger partial charge in [-0.25, -0.2) is 8.42 Å². The molecular formula is C12H9IN2O4S. The fourth-order valence-corrected chi connectivity index (χ4v) is 2.92. The van der Waals surface area contributed by atoms with E-state index in [0.717, 1.165) is 3.57 Å². The van der Waals surface area contributed by atoms with Crippen LogP contribution in [0.2, 0.25) is 0 Å². The first-order chi connectivity index (χ1) is 9.38. The number of hydrogen-bond donors (Lipinski definition) is 1. The number of non-ortho nitro benzene ring substituents is 1. The van der Waals surface area contributed by atoms with Crippen LogP contribution in [-0.2, 0) is 10.0 Å². The van der Waals surface area contributed by atoms with Crippen molar-refractivity contribution in [2.24, 2.45) is 0 Å². The van der Waals surface area contributed by atoms with Gasteiger partial charge in [0.25, 0.3) is 15.7 Å². The number of rotatable bonds is 4. The first kappa shape index (κ1) is 14.7. The molecule has 0 aromatic heterocycles. The maximum Gasteiger partial charge on any atom is 0.271 e. The number of nitro benzene ring substituents is 1. The molecule has 0 fully saturated rings. The smallest absolute Gasteiger partial charge is 0.271 e. The third kappa shape index (κ3) is 3.45. The van der Waals surface area contributed by atoms with E-state index < -0.39 is 14.9 Å². The molecule has 0 radical (unpaired) electrons. The highest BCUT2D eigenvalue weighted by Crippen LogP contribution is 2.21. The lowest BCUT2D eigenvalue weighted by atomic mass is 10.3. The quantitative estimate of drug-likeness (QED) is 0.482. The van der Waals surface area contributed by atoms with Gasteiger partial charge in [-0.3, -0.25) is 14.8 Å². The van der Waals surface area contributed by atoms with Gasteiger partial charge in [-0.1, -0.05) is 6.07 Å². The van der Waals surface area contributed by atoms with E-state index in [2.05, 4.69) is 27.3 Å². The number of nitrogens with one attached hydrogen (secondary N) is 1. The normalized spacial score (nSPS) is 11.1. The summed E-state index contributed by atoms with van der Waals surface area (Å²) in [4.78, 5) is 10.2. The summed E-state index contributed by atoms with van der Waals surface area (Å²) in [5.74, 6) is 0. The molecule has 0 unspecified atom stereocenters. The molecule has 20 heavy (non-hydrogen) atoms. The number of benzene rings is 2. The summed E-state index contributed by atoms with van der Waals surface area (Å²) in [6.07, 6.45) is 0. The Bertz CT molecular complexity index is 744. The topological polar surface area (TPSA) is 89.3 Å². The van der Waals surface area contributed by atoms with E-state index >= 15 is 0 Å². The predicted molar refractivity (Wildman–Crippen MR) is 83.1 cm³/mol. The molecule has 0 saturated heterocycles. The number of nitrogens with zero attached hydrogens (tertiary/aromatic N) is 1. The first-order valence-electron chi connectivity index (χ1n) is 5.41. The highest BCUT2D eigenvalue weighted by atomic mass is 127. The van der Waals surface area contributed by atoms with E-state index in [9.17, 15) is 18.5 Å². The number of halogens is 1. The Hall–Kier alpha value is -1.68. The molecule has 1 N–H and O–H groups in total. The summed E-state index contributed by atoms with van der Waals surface area (Å²) < 4.78 is 27.4. The second-order valence-electron chi connectivity index (χ2n) is 3.87. The van der Waals surface area contributed by atoms with Gasteiger partial charge < -0.3 is 0 Å². The minimum Gasteiger partial charge on any atom is -0.279 e. The van der Waals surface area contributed by atoms with Crippen molar-refractivity contribution in [3.05, 3.63) is 62.2 Å². The SMILES string of the molecule is O=[N+]([O-])c1cccc(NS(=O)(=O)c2ccc(I)cc2)c1. The second kappa shape index (κ2) is 5.75. The summed E-state index contributed by atoms with van der Waals surface area (Å²) in [5.41, 5.74) is -0.0226. The fraction of sp³-hybridized carbons (Fsp3) is 0. The van der Waals surface area contributed by atoms with Crippen molar-refractivity contribution in [2.75, 3.05) is 4.72 Å². The molecule has 2 aromatic rings. The van der Waals surface area contributed by atoms with Crippen molar-refractivity contribution in [3.8, 4) is 0 Å². The van der Waals surface area contributed by atoms with Crippen LogP contribution in [0.4, 0.5) is 11.4 Å². The van der Waals surface area contributed by atoms with Crippen molar-refractivity contribution in [1.82, 2.24) is 0 Å². The number of hydrogen-bond acceptors (Lipinski definition) is 4. The molecule has 0 atom stereocenters. The van der Waals surface area contributed by atoms with Crippen LogP contribution >= 0.6 is 22.6 Å². The lowest BCUT2D eigenvalue weighted by Gasteiger charge is -2.07. The van der Waals surface area contributed by atoms with Gasteiger partial charge in [-0.2, -0.15) is 0 Å². The third-order valence-corrected chi connectivity index (χ3v) is 4.55. The van der Waals surface area contributed by atoms with E-state index in [-0.39, 0.29) is 16.3 Å². The van der Waals surface area contributed by atoms with Crippen LogP contribution < -0.4 is 4.72 Å². The van der Waals surface area contributed by atoms with Gasteiger partial charge in [0.2, 0.25) is 0 Å². The maximum absolute atomic E-state index is 12.1. The molecule has 2 rings (SSSR count). The number of nitro groups is 1. The Balaban J connectivity index is 2.31. The zero-order chi connectivity index (χ0) is 14.8. The van der Waals surface area contributed by atoms with Gasteiger partial charge in [0, 0.05) is 15.7 Å². The van der Waals surface area contributed by atoms with E-state index in [0.29, 0.717) is 0 Å². The summed E-state index contributed by atoms with van der Waals surface area (Å²) in [5, 5.41) is 10.7. The Morgan fingerprint density at radius 1 is 1.10 bits per heavy atom. The van der Waals surface area contributed by atoms with Gasteiger partial charge in [-0.05, 0) is 52.9 Å². The Labute approximate surface area is 129 Å². The van der Waals surface area contributed by atoms with Gasteiger partial charge in [-0.15, -0.1) is 0 Å². The lowest BCUT2D eigenvalue weighted by Crippen LogP contribution is -2.12. The highest BCUT2D eigenvalue weighted by molar-refractivity contribution is 14.1. The molecule has 0 aliphatic heterocycles. The first-order valence-corrected chi connectivity index (χ1v) is 7.97. The van der Waals surface area contributed by atoms with E-state index in [1.807, 2.05) is 0 Å². The van der Waals surface area contributed by atoms with Crippen LogP contribution in [0.3, 0.4) is 0 Å². The standard InChI is InChI=1S/C12H9IN2O4S/c13-9-4-6-12(7-5-9)20(18,19)14-10-2-1-3-11(8-10)15(16)17/h1-8,14H. The minimum atomic E-state index is -3.75. The molecule has 8 heteroatoms. The molecule has 6 nitrogen and oxygen atoms in total. The fourth-order valence-electron chi connectivity index (χ4n) is 1.51. The average Bonchev–Trinajstić information content (AvgIpc) is 2.39. The summed E-state index contributed by atoms with van der Waals surface area (Å²) in [7, 11) is -3.75. The van der Waals surface area contributed by atoms with Crippen molar-refractivity contribution >= 4 is 44.0 Å². The minimum absolute atomic E-state index is 0.101. The molecule has 104 valence electrons. The van der Waals surface area contributed by atoms with Crippen molar-refractivity contribution in [3.63, 3.8) is 0 Å². The Kier molecular flexibility index (Phi) is 4.23. The molecule has 0 aliphatic carbocycles.